The van der Waals surface area contributed by atoms with Crippen LogP contribution in [0.5, 0.6) is 0 Å². The highest BCUT2D eigenvalue weighted by Crippen LogP contribution is 2.31. The highest BCUT2D eigenvalue weighted by atomic mass is 16.5. The van der Waals surface area contributed by atoms with Crippen LogP contribution in [0.15, 0.2) is 4.52 Å². The van der Waals surface area contributed by atoms with Crippen LogP contribution in [0.4, 0.5) is 5.88 Å². The van der Waals surface area contributed by atoms with Crippen molar-refractivity contribution in [1.82, 2.24) is 5.16 Å². The maximum Gasteiger partial charge on any atom is 0.228 e. The van der Waals surface area contributed by atoms with Crippen LogP contribution in [-0.2, 0) is 12.8 Å². The summed E-state index contributed by atoms with van der Waals surface area (Å²) in [4.78, 5) is 0. The van der Waals surface area contributed by atoms with Crippen LogP contribution in [0.1, 0.15) is 36.9 Å². The molecule has 13 heavy (non-hydrogen) atoms. The smallest absolute Gasteiger partial charge is 0.228 e. The molecule has 3 rings (SSSR count). The molecular weight excluding hydrogens is 164 g/mol. The SMILES string of the molecule is C1CCc2c(noc2NC2CC2)C1. The summed E-state index contributed by atoms with van der Waals surface area (Å²) in [7, 11) is 0. The highest BCUT2D eigenvalue weighted by Gasteiger charge is 2.26. The van der Waals surface area contributed by atoms with Gasteiger partial charge in [0.1, 0.15) is 0 Å². The molecule has 1 heterocycles. The monoisotopic (exact) mass is 178 g/mol. The second-order valence-corrected chi connectivity index (χ2v) is 4.06. The lowest BCUT2D eigenvalue weighted by molar-refractivity contribution is 0.422. The fourth-order valence-corrected chi connectivity index (χ4v) is 1.92. The van der Waals surface area contributed by atoms with E-state index >= 15 is 0 Å². The van der Waals surface area contributed by atoms with Gasteiger partial charge in [0.05, 0.1) is 5.69 Å². The minimum absolute atomic E-state index is 0.666. The fourth-order valence-electron chi connectivity index (χ4n) is 1.92. The molecule has 0 atom stereocenters. The lowest BCUT2D eigenvalue weighted by Crippen LogP contribution is -2.06. The molecule has 0 aliphatic heterocycles. The van der Waals surface area contributed by atoms with Crippen LogP contribution in [0, 0.1) is 0 Å². The third-order valence-corrected chi connectivity index (χ3v) is 2.87. The van der Waals surface area contributed by atoms with E-state index in [0.717, 1.165) is 18.7 Å². The average molecular weight is 178 g/mol. The molecular formula is C10H14N2O. The van der Waals surface area contributed by atoms with Crippen molar-refractivity contribution in [3.63, 3.8) is 0 Å². The molecule has 0 spiro atoms. The minimum Gasteiger partial charge on any atom is -0.351 e. The quantitative estimate of drug-likeness (QED) is 0.753. The van der Waals surface area contributed by atoms with E-state index in [4.69, 9.17) is 4.52 Å². The Bertz CT molecular complexity index is 315. The Balaban J connectivity index is 1.86. The number of nitrogens with zero attached hydrogens (tertiary/aromatic N) is 1. The summed E-state index contributed by atoms with van der Waals surface area (Å²) in [5, 5.41) is 7.49. The number of hydrogen-bond acceptors (Lipinski definition) is 3. The zero-order chi connectivity index (χ0) is 8.67. The predicted octanol–water partition coefficient (Wildman–Crippen LogP) is 2.13. The van der Waals surface area contributed by atoms with E-state index in [1.807, 2.05) is 0 Å². The number of nitrogens with one attached hydrogen (secondary N) is 1. The van der Waals surface area contributed by atoms with Crippen molar-refractivity contribution in [2.45, 2.75) is 44.6 Å². The Morgan fingerprint density at radius 2 is 2.08 bits per heavy atom. The molecule has 3 nitrogen and oxygen atoms in total. The first-order valence-corrected chi connectivity index (χ1v) is 5.17. The lowest BCUT2D eigenvalue weighted by Gasteiger charge is -2.09. The molecule has 0 unspecified atom stereocenters. The van der Waals surface area contributed by atoms with Crippen molar-refractivity contribution < 1.29 is 4.52 Å². The molecule has 0 saturated heterocycles. The van der Waals surface area contributed by atoms with E-state index in [1.54, 1.807) is 0 Å². The van der Waals surface area contributed by atoms with Crippen molar-refractivity contribution in [2.75, 3.05) is 5.32 Å². The largest absolute Gasteiger partial charge is 0.351 e. The van der Waals surface area contributed by atoms with Crippen molar-refractivity contribution in [2.24, 2.45) is 0 Å². The van der Waals surface area contributed by atoms with Gasteiger partial charge in [-0.05, 0) is 38.5 Å². The van der Waals surface area contributed by atoms with Gasteiger partial charge in [-0.25, -0.2) is 0 Å². The first-order chi connectivity index (χ1) is 6.43. The van der Waals surface area contributed by atoms with Crippen LogP contribution in [0.25, 0.3) is 0 Å². The summed E-state index contributed by atoms with van der Waals surface area (Å²) in [5.74, 6) is 0.956. The van der Waals surface area contributed by atoms with Crippen molar-refractivity contribution in [3.8, 4) is 0 Å². The number of aryl methyl sites for hydroxylation is 1. The molecule has 0 radical (unpaired) electrons. The van der Waals surface area contributed by atoms with Crippen molar-refractivity contribution >= 4 is 5.88 Å². The van der Waals surface area contributed by atoms with Gasteiger partial charge < -0.3 is 9.84 Å². The van der Waals surface area contributed by atoms with Gasteiger partial charge in [0, 0.05) is 11.6 Å². The van der Waals surface area contributed by atoms with Crippen LogP contribution in [-0.4, -0.2) is 11.2 Å². The predicted molar refractivity (Wildman–Crippen MR) is 49.8 cm³/mol. The van der Waals surface area contributed by atoms with E-state index in [9.17, 15) is 0 Å². The molecule has 0 amide bonds. The molecule has 0 aromatic carbocycles. The first kappa shape index (κ1) is 7.42. The second kappa shape index (κ2) is 2.76. The maximum absolute atomic E-state index is 5.31. The summed E-state index contributed by atoms with van der Waals surface area (Å²) in [6, 6.07) is 0.666. The van der Waals surface area contributed by atoms with E-state index in [-0.39, 0.29) is 0 Å². The van der Waals surface area contributed by atoms with E-state index in [2.05, 4.69) is 10.5 Å². The topological polar surface area (TPSA) is 38.1 Å². The van der Waals surface area contributed by atoms with Gasteiger partial charge >= 0.3 is 0 Å². The van der Waals surface area contributed by atoms with Crippen molar-refractivity contribution in [3.05, 3.63) is 11.3 Å². The zero-order valence-corrected chi connectivity index (χ0v) is 7.68. The number of rotatable bonds is 2. The molecule has 2 aliphatic rings. The number of aromatic nitrogens is 1. The summed E-state index contributed by atoms with van der Waals surface area (Å²) in [5.41, 5.74) is 2.53. The van der Waals surface area contributed by atoms with Crippen LogP contribution in [0.3, 0.4) is 0 Å². The van der Waals surface area contributed by atoms with Crippen LogP contribution < -0.4 is 5.32 Å². The van der Waals surface area contributed by atoms with Gasteiger partial charge in [0.25, 0.3) is 0 Å². The average Bonchev–Trinajstić information content (AvgIpc) is 2.88. The summed E-state index contributed by atoms with van der Waals surface area (Å²) >= 11 is 0. The molecule has 70 valence electrons. The highest BCUT2D eigenvalue weighted by molar-refractivity contribution is 5.46. The number of anilines is 1. The third kappa shape index (κ3) is 1.32. The summed E-state index contributed by atoms with van der Waals surface area (Å²) in [6.07, 6.45) is 7.37. The van der Waals surface area contributed by atoms with E-state index in [1.165, 1.54) is 36.9 Å². The van der Waals surface area contributed by atoms with Gasteiger partial charge in [-0.15, -0.1) is 0 Å². The standard InChI is InChI=1S/C10H14N2O/c1-2-4-9-8(3-1)10(13-12-9)11-7-5-6-7/h7,11H,1-6H2. The molecule has 1 saturated carbocycles. The summed E-state index contributed by atoms with van der Waals surface area (Å²) < 4.78 is 5.31. The minimum atomic E-state index is 0.666. The lowest BCUT2D eigenvalue weighted by atomic mass is 9.98. The molecule has 0 bridgehead atoms. The zero-order valence-electron chi connectivity index (χ0n) is 7.68. The number of hydrogen-bond donors (Lipinski definition) is 1. The fraction of sp³-hybridized carbons (Fsp3) is 0.700. The Morgan fingerprint density at radius 3 is 2.92 bits per heavy atom. The van der Waals surface area contributed by atoms with E-state index < -0.39 is 0 Å². The molecule has 3 heteroatoms. The van der Waals surface area contributed by atoms with Gasteiger partial charge in [0.2, 0.25) is 5.88 Å². The van der Waals surface area contributed by atoms with Gasteiger partial charge in [0.15, 0.2) is 0 Å². The van der Waals surface area contributed by atoms with Gasteiger partial charge in [-0.1, -0.05) is 5.16 Å². The third-order valence-electron chi connectivity index (χ3n) is 2.87. The molecule has 1 fully saturated rings. The Kier molecular flexibility index (Phi) is 1.57. The Morgan fingerprint density at radius 1 is 1.23 bits per heavy atom. The van der Waals surface area contributed by atoms with Crippen LogP contribution >= 0.6 is 0 Å². The number of fused-ring (bicyclic) bond motifs is 1. The Hall–Kier alpha value is -0.990. The maximum atomic E-state index is 5.31. The summed E-state index contributed by atoms with van der Waals surface area (Å²) in [6.45, 7) is 0. The molecule has 1 N–H and O–H groups in total. The first-order valence-electron chi connectivity index (χ1n) is 5.17. The van der Waals surface area contributed by atoms with Gasteiger partial charge in [-0.3, -0.25) is 0 Å². The molecule has 2 aliphatic carbocycles. The van der Waals surface area contributed by atoms with Gasteiger partial charge in [-0.2, -0.15) is 0 Å². The molecule has 1 aromatic heterocycles. The van der Waals surface area contributed by atoms with Crippen molar-refractivity contribution in [1.29, 1.82) is 0 Å². The van der Waals surface area contributed by atoms with Crippen LogP contribution in [0.2, 0.25) is 0 Å². The van der Waals surface area contributed by atoms with E-state index in [0.29, 0.717) is 6.04 Å². The Labute approximate surface area is 77.5 Å². The normalized spacial score (nSPS) is 21.2. The molecule has 1 aromatic rings. The second-order valence-electron chi connectivity index (χ2n) is 4.06.